The van der Waals surface area contributed by atoms with Gasteiger partial charge in [0.15, 0.2) is 0 Å². The number of hydrogen-bond donors (Lipinski definition) is 1. The Morgan fingerprint density at radius 1 is 1.23 bits per heavy atom. The van der Waals surface area contributed by atoms with E-state index in [4.69, 9.17) is 0 Å². The molecular weight excluding hydrogens is 329 g/mol. The highest BCUT2D eigenvalue weighted by Gasteiger charge is 2.32. The molecule has 3 rings (SSSR count). The van der Waals surface area contributed by atoms with Crippen LogP contribution in [-0.2, 0) is 4.79 Å². The van der Waals surface area contributed by atoms with E-state index in [9.17, 15) is 14.4 Å². The highest BCUT2D eigenvalue weighted by molar-refractivity contribution is 5.92. The van der Waals surface area contributed by atoms with E-state index in [1.165, 1.54) is 12.1 Å². The van der Waals surface area contributed by atoms with Crippen molar-refractivity contribution >= 4 is 11.6 Å². The zero-order valence-corrected chi connectivity index (χ0v) is 14.6. The van der Waals surface area contributed by atoms with Crippen molar-refractivity contribution in [3.8, 4) is 6.07 Å². The molecule has 1 aliphatic rings. The largest absolute Gasteiger partial charge is 0.325 e. The first kappa shape index (κ1) is 18.1. The molecule has 2 atom stereocenters. The van der Waals surface area contributed by atoms with E-state index in [2.05, 4.69) is 16.3 Å². The molecule has 0 aromatic heterocycles. The van der Waals surface area contributed by atoms with Crippen molar-refractivity contribution in [2.24, 2.45) is 0 Å². The standard InChI is InChI=1S/C21H22FN3O/c22-17-9-6-10-18(13-17)24-21(26)15-25-12-5-4-11-20(25)19(14-23)16-7-2-1-3-8-16/h1-3,6-10,13,19-20H,4-5,11-12,15H2,(H,24,26)/t19-,20+/m0/s1. The van der Waals surface area contributed by atoms with Crippen molar-refractivity contribution in [1.29, 1.82) is 5.26 Å². The average Bonchev–Trinajstić information content (AvgIpc) is 2.64. The summed E-state index contributed by atoms with van der Waals surface area (Å²) in [6.45, 7) is 0.985. The number of anilines is 1. The Kier molecular flexibility index (Phi) is 5.98. The van der Waals surface area contributed by atoms with Crippen molar-refractivity contribution < 1.29 is 9.18 Å². The number of hydrogen-bond acceptors (Lipinski definition) is 3. The maximum Gasteiger partial charge on any atom is 0.238 e. The summed E-state index contributed by atoms with van der Waals surface area (Å²) in [6, 6.07) is 18.0. The summed E-state index contributed by atoms with van der Waals surface area (Å²) in [6.07, 6.45) is 2.95. The SMILES string of the molecule is N#C[C@@H](c1ccccc1)[C@H]1CCCCN1CC(=O)Nc1cccc(F)c1. The first-order valence-electron chi connectivity index (χ1n) is 8.91. The number of amides is 1. The van der Waals surface area contributed by atoms with Gasteiger partial charge in [-0.1, -0.05) is 42.8 Å². The van der Waals surface area contributed by atoms with Crippen LogP contribution in [0.15, 0.2) is 54.6 Å². The van der Waals surface area contributed by atoms with E-state index in [1.54, 1.807) is 12.1 Å². The Bertz CT molecular complexity index is 787. The van der Waals surface area contributed by atoms with Gasteiger partial charge in [0, 0.05) is 11.7 Å². The van der Waals surface area contributed by atoms with Crippen LogP contribution < -0.4 is 5.32 Å². The fourth-order valence-electron chi connectivity index (χ4n) is 3.58. The molecule has 0 saturated carbocycles. The molecule has 0 bridgehead atoms. The lowest BCUT2D eigenvalue weighted by atomic mass is 9.86. The first-order valence-corrected chi connectivity index (χ1v) is 8.91. The van der Waals surface area contributed by atoms with E-state index in [1.807, 2.05) is 30.3 Å². The van der Waals surface area contributed by atoms with Crippen molar-refractivity contribution in [3.63, 3.8) is 0 Å². The number of nitriles is 1. The van der Waals surface area contributed by atoms with Crippen molar-refractivity contribution in [1.82, 2.24) is 4.90 Å². The minimum atomic E-state index is -0.382. The highest BCUT2D eigenvalue weighted by atomic mass is 19.1. The van der Waals surface area contributed by atoms with Crippen LogP contribution in [0.2, 0.25) is 0 Å². The molecule has 4 nitrogen and oxygen atoms in total. The van der Waals surface area contributed by atoms with Gasteiger partial charge in [-0.05, 0) is 43.1 Å². The number of nitrogens with one attached hydrogen (secondary N) is 1. The first-order chi connectivity index (χ1) is 12.7. The van der Waals surface area contributed by atoms with E-state index in [0.717, 1.165) is 31.4 Å². The molecule has 1 N–H and O–H groups in total. The molecule has 5 heteroatoms. The molecule has 1 amide bonds. The average molecular weight is 351 g/mol. The number of benzene rings is 2. The predicted molar refractivity (Wildman–Crippen MR) is 99.0 cm³/mol. The Balaban J connectivity index is 1.70. The van der Waals surface area contributed by atoms with Gasteiger partial charge < -0.3 is 5.32 Å². The molecular formula is C21H22FN3O. The fraction of sp³-hybridized carbons (Fsp3) is 0.333. The number of nitrogens with zero attached hydrogens (tertiary/aromatic N) is 2. The lowest BCUT2D eigenvalue weighted by molar-refractivity contribution is -0.118. The monoisotopic (exact) mass is 351 g/mol. The molecule has 0 aliphatic carbocycles. The van der Waals surface area contributed by atoms with Crippen molar-refractivity contribution in [3.05, 3.63) is 66.0 Å². The third-order valence-corrected chi connectivity index (χ3v) is 4.80. The molecule has 0 unspecified atom stereocenters. The number of rotatable bonds is 5. The molecule has 134 valence electrons. The number of carbonyl (C=O) groups is 1. The highest BCUT2D eigenvalue weighted by Crippen LogP contribution is 2.30. The maximum atomic E-state index is 13.3. The van der Waals surface area contributed by atoms with E-state index in [-0.39, 0.29) is 30.2 Å². The molecule has 1 saturated heterocycles. The Hall–Kier alpha value is -2.71. The molecule has 1 heterocycles. The van der Waals surface area contributed by atoms with Crippen LogP contribution in [-0.4, -0.2) is 29.9 Å². The molecule has 0 spiro atoms. The summed E-state index contributed by atoms with van der Waals surface area (Å²) in [5, 5.41) is 12.5. The van der Waals surface area contributed by atoms with Crippen LogP contribution in [0.3, 0.4) is 0 Å². The number of piperidine rings is 1. The Morgan fingerprint density at radius 2 is 2.04 bits per heavy atom. The smallest absolute Gasteiger partial charge is 0.238 e. The second-order valence-corrected chi connectivity index (χ2v) is 6.61. The molecule has 1 fully saturated rings. The van der Waals surface area contributed by atoms with Gasteiger partial charge in [-0.25, -0.2) is 4.39 Å². The summed E-state index contributed by atoms with van der Waals surface area (Å²) >= 11 is 0. The van der Waals surface area contributed by atoms with Gasteiger partial charge >= 0.3 is 0 Å². The van der Waals surface area contributed by atoms with Crippen LogP contribution in [0.5, 0.6) is 0 Å². The number of carbonyl (C=O) groups excluding carboxylic acids is 1. The van der Waals surface area contributed by atoms with Gasteiger partial charge in [0.25, 0.3) is 0 Å². The van der Waals surface area contributed by atoms with E-state index < -0.39 is 0 Å². The number of likely N-dealkylation sites (tertiary alicyclic amines) is 1. The van der Waals surface area contributed by atoms with Gasteiger partial charge in [-0.15, -0.1) is 0 Å². The lowest BCUT2D eigenvalue weighted by Gasteiger charge is -2.37. The van der Waals surface area contributed by atoms with E-state index in [0.29, 0.717) is 5.69 Å². The second kappa shape index (κ2) is 8.59. The zero-order chi connectivity index (χ0) is 18.4. The van der Waals surface area contributed by atoms with Crippen LogP contribution in [0.25, 0.3) is 0 Å². The topological polar surface area (TPSA) is 56.1 Å². The summed E-state index contributed by atoms with van der Waals surface area (Å²) in [4.78, 5) is 14.5. The number of halogens is 1. The fourth-order valence-corrected chi connectivity index (χ4v) is 3.58. The molecule has 1 aliphatic heterocycles. The van der Waals surface area contributed by atoms with Gasteiger partial charge in [0.05, 0.1) is 18.5 Å². The third kappa shape index (κ3) is 4.47. The van der Waals surface area contributed by atoms with Crippen LogP contribution in [0, 0.1) is 17.1 Å². The molecule has 26 heavy (non-hydrogen) atoms. The van der Waals surface area contributed by atoms with Crippen molar-refractivity contribution in [2.75, 3.05) is 18.4 Å². The van der Waals surface area contributed by atoms with Crippen LogP contribution in [0.4, 0.5) is 10.1 Å². The molecule has 0 radical (unpaired) electrons. The molecule has 2 aromatic rings. The normalized spacial score (nSPS) is 18.7. The lowest BCUT2D eigenvalue weighted by Crippen LogP contribution is -2.46. The second-order valence-electron chi connectivity index (χ2n) is 6.61. The molecule has 2 aromatic carbocycles. The van der Waals surface area contributed by atoms with Gasteiger partial charge in [0.1, 0.15) is 5.82 Å². The summed E-state index contributed by atoms with van der Waals surface area (Å²) in [5.74, 6) is -0.835. The zero-order valence-electron chi connectivity index (χ0n) is 14.6. The van der Waals surface area contributed by atoms with Crippen LogP contribution >= 0.6 is 0 Å². The Morgan fingerprint density at radius 3 is 2.77 bits per heavy atom. The summed E-state index contributed by atoms with van der Waals surface area (Å²) in [7, 11) is 0. The van der Waals surface area contributed by atoms with Crippen molar-refractivity contribution in [2.45, 2.75) is 31.2 Å². The maximum absolute atomic E-state index is 13.3. The van der Waals surface area contributed by atoms with Crippen LogP contribution in [0.1, 0.15) is 30.7 Å². The van der Waals surface area contributed by atoms with Gasteiger partial charge in [-0.2, -0.15) is 5.26 Å². The minimum Gasteiger partial charge on any atom is -0.325 e. The summed E-state index contributed by atoms with van der Waals surface area (Å²) in [5.41, 5.74) is 1.43. The minimum absolute atomic E-state index is 0.00871. The van der Waals surface area contributed by atoms with Gasteiger partial charge in [-0.3, -0.25) is 9.69 Å². The summed E-state index contributed by atoms with van der Waals surface area (Å²) < 4.78 is 13.3. The predicted octanol–water partition coefficient (Wildman–Crippen LogP) is 3.93. The van der Waals surface area contributed by atoms with E-state index >= 15 is 0 Å². The quantitative estimate of drug-likeness (QED) is 0.888. The Labute approximate surface area is 153 Å². The third-order valence-electron chi connectivity index (χ3n) is 4.80. The van der Waals surface area contributed by atoms with Gasteiger partial charge in [0.2, 0.25) is 5.91 Å².